The van der Waals surface area contributed by atoms with Gasteiger partial charge in [-0.1, -0.05) is 49.0 Å². The van der Waals surface area contributed by atoms with E-state index < -0.39 is 0 Å². The van der Waals surface area contributed by atoms with Crippen LogP contribution in [0, 0.1) is 5.92 Å². The number of thiocarbonyl (C=S) groups is 1. The maximum atomic E-state index is 5.95. The molecule has 0 amide bonds. The highest BCUT2D eigenvalue weighted by Crippen LogP contribution is 2.31. The van der Waals surface area contributed by atoms with Crippen LogP contribution in [0.5, 0.6) is 5.75 Å². The first-order valence-corrected chi connectivity index (χ1v) is 11.1. The number of anilines is 1. The molecule has 1 aliphatic rings. The van der Waals surface area contributed by atoms with Crippen LogP contribution in [-0.4, -0.2) is 39.8 Å². The van der Waals surface area contributed by atoms with Crippen LogP contribution < -0.4 is 9.64 Å². The van der Waals surface area contributed by atoms with Gasteiger partial charge >= 0.3 is 0 Å². The predicted molar refractivity (Wildman–Crippen MR) is 126 cm³/mol. The molecule has 1 aromatic carbocycles. The lowest BCUT2D eigenvalue weighted by Gasteiger charge is -2.21. The first-order valence-electron chi connectivity index (χ1n) is 10.7. The Morgan fingerprint density at radius 2 is 2.00 bits per heavy atom. The maximum Gasteiger partial charge on any atom is 0.176 e. The van der Waals surface area contributed by atoms with Crippen molar-refractivity contribution in [2.24, 2.45) is 5.92 Å². The zero-order valence-electron chi connectivity index (χ0n) is 17.8. The molecule has 0 aliphatic carbocycles. The Morgan fingerprint density at radius 3 is 2.87 bits per heavy atom. The number of benzene rings is 1. The van der Waals surface area contributed by atoms with E-state index in [1.54, 1.807) is 6.20 Å². The number of nitrogens with zero attached hydrogens (tertiary/aromatic N) is 4. The van der Waals surface area contributed by atoms with Gasteiger partial charge in [-0.2, -0.15) is 0 Å². The highest BCUT2D eigenvalue weighted by molar-refractivity contribution is 7.80. The molecule has 0 saturated carbocycles. The molecular weight excluding hydrogens is 408 g/mol. The summed E-state index contributed by atoms with van der Waals surface area (Å²) >= 11 is 5.69. The maximum absolute atomic E-state index is 5.95. The largest absolute Gasteiger partial charge is 0.489 e. The second-order valence-electron chi connectivity index (χ2n) is 7.80. The van der Waals surface area contributed by atoms with Crippen LogP contribution >= 0.6 is 12.2 Å². The summed E-state index contributed by atoms with van der Waals surface area (Å²) in [5, 5.41) is 0. The normalized spacial score (nSPS) is 16.0. The predicted octanol–water partition coefficient (Wildman–Crippen LogP) is 4.49. The van der Waals surface area contributed by atoms with Crippen molar-refractivity contribution in [3.8, 4) is 5.75 Å². The molecule has 0 spiro atoms. The van der Waals surface area contributed by atoms with Gasteiger partial charge in [0, 0.05) is 38.5 Å². The third-order valence-corrected chi connectivity index (χ3v) is 6.03. The molecule has 162 valence electrons. The standard InChI is InChI=1S/C24H28N4O2S/c1-27-23-22(11-7-12-25-23)30-16-20(24(27)31)10-5-6-13-29-17-21-15-28(18-26-21)14-19-8-3-2-4-9-19/h2-4,7-9,11-12,15,18,20H,5-6,10,13-14,16-17H2,1H3/t20-/m0/s1. The second-order valence-corrected chi connectivity index (χ2v) is 8.22. The van der Waals surface area contributed by atoms with Gasteiger partial charge in [0.2, 0.25) is 0 Å². The van der Waals surface area contributed by atoms with Gasteiger partial charge in [0.05, 0.1) is 30.2 Å². The number of unbranched alkanes of at least 4 members (excludes halogenated alkanes) is 1. The quantitative estimate of drug-likeness (QED) is 0.364. The first-order chi connectivity index (χ1) is 15.2. The lowest BCUT2D eigenvalue weighted by atomic mass is 10.0. The Labute approximate surface area is 188 Å². The Morgan fingerprint density at radius 1 is 1.13 bits per heavy atom. The third kappa shape index (κ3) is 5.68. The van der Waals surface area contributed by atoms with Crippen LogP contribution in [0.2, 0.25) is 0 Å². The minimum atomic E-state index is 0.211. The van der Waals surface area contributed by atoms with E-state index in [0.29, 0.717) is 19.8 Å². The fraction of sp³-hybridized carbons (Fsp3) is 0.375. The van der Waals surface area contributed by atoms with Crippen molar-refractivity contribution in [2.75, 3.05) is 25.2 Å². The van der Waals surface area contributed by atoms with Crippen molar-refractivity contribution in [2.45, 2.75) is 32.4 Å². The molecule has 7 heteroatoms. The van der Waals surface area contributed by atoms with Crippen molar-refractivity contribution < 1.29 is 9.47 Å². The minimum Gasteiger partial charge on any atom is -0.489 e. The summed E-state index contributed by atoms with van der Waals surface area (Å²) in [6.07, 6.45) is 8.68. The Hall–Kier alpha value is -2.77. The van der Waals surface area contributed by atoms with Gasteiger partial charge < -0.3 is 18.9 Å². The molecule has 0 fully saturated rings. The number of hydrogen-bond acceptors (Lipinski definition) is 5. The summed E-state index contributed by atoms with van der Waals surface area (Å²) < 4.78 is 13.9. The van der Waals surface area contributed by atoms with Gasteiger partial charge in [0.25, 0.3) is 0 Å². The lowest BCUT2D eigenvalue weighted by Crippen LogP contribution is -2.32. The fourth-order valence-corrected chi connectivity index (χ4v) is 4.00. The zero-order chi connectivity index (χ0) is 21.5. The molecular formula is C24H28N4O2S. The first kappa shape index (κ1) is 21.5. The van der Waals surface area contributed by atoms with E-state index in [-0.39, 0.29) is 5.92 Å². The zero-order valence-corrected chi connectivity index (χ0v) is 18.6. The molecule has 6 nitrogen and oxygen atoms in total. The Bertz CT molecular complexity index is 992. The van der Waals surface area contributed by atoms with Crippen molar-refractivity contribution in [1.29, 1.82) is 0 Å². The van der Waals surface area contributed by atoms with E-state index in [1.807, 2.05) is 36.5 Å². The van der Waals surface area contributed by atoms with Gasteiger partial charge in [0.15, 0.2) is 11.6 Å². The molecule has 31 heavy (non-hydrogen) atoms. The number of imidazole rings is 1. The van der Waals surface area contributed by atoms with Gasteiger partial charge in [-0.15, -0.1) is 0 Å². The van der Waals surface area contributed by atoms with Gasteiger partial charge in [0.1, 0.15) is 0 Å². The molecule has 1 atom stereocenters. The van der Waals surface area contributed by atoms with Crippen molar-refractivity contribution in [1.82, 2.24) is 14.5 Å². The number of pyridine rings is 1. The van der Waals surface area contributed by atoms with Crippen LogP contribution in [0.4, 0.5) is 5.82 Å². The summed E-state index contributed by atoms with van der Waals surface area (Å²) in [6.45, 7) is 2.67. The third-order valence-electron chi connectivity index (χ3n) is 5.42. The Kier molecular flexibility index (Phi) is 7.27. The molecule has 3 aromatic rings. The van der Waals surface area contributed by atoms with Crippen LogP contribution in [-0.2, 0) is 17.9 Å². The van der Waals surface area contributed by atoms with Crippen LogP contribution in [0.3, 0.4) is 0 Å². The summed E-state index contributed by atoms with van der Waals surface area (Å²) in [4.78, 5) is 11.7. The number of aromatic nitrogens is 3. The number of ether oxygens (including phenoxy) is 2. The molecule has 0 saturated heterocycles. The van der Waals surface area contributed by atoms with Crippen LogP contribution in [0.25, 0.3) is 0 Å². The van der Waals surface area contributed by atoms with E-state index in [0.717, 1.165) is 48.1 Å². The number of fused-ring (bicyclic) bond motifs is 1. The van der Waals surface area contributed by atoms with Crippen molar-refractivity contribution in [3.05, 3.63) is 72.4 Å². The number of hydrogen-bond donors (Lipinski definition) is 0. The summed E-state index contributed by atoms with van der Waals surface area (Å²) in [5.41, 5.74) is 2.22. The lowest BCUT2D eigenvalue weighted by molar-refractivity contribution is 0.113. The van der Waals surface area contributed by atoms with Gasteiger partial charge in [-0.05, 0) is 30.5 Å². The van der Waals surface area contributed by atoms with E-state index >= 15 is 0 Å². The van der Waals surface area contributed by atoms with E-state index in [9.17, 15) is 0 Å². The summed E-state index contributed by atoms with van der Waals surface area (Å²) in [7, 11) is 1.97. The molecule has 0 radical (unpaired) electrons. The highest BCUT2D eigenvalue weighted by atomic mass is 32.1. The monoisotopic (exact) mass is 436 g/mol. The van der Waals surface area contributed by atoms with E-state index in [2.05, 4.69) is 45.0 Å². The summed E-state index contributed by atoms with van der Waals surface area (Å²) in [5.74, 6) is 1.80. The summed E-state index contributed by atoms with van der Waals surface area (Å²) in [6, 6.07) is 14.2. The van der Waals surface area contributed by atoms with Crippen molar-refractivity contribution in [3.63, 3.8) is 0 Å². The SMILES string of the molecule is CN1C(=S)[C@@H](CCCCOCc2cn(Cc3ccccc3)cn2)COc2cccnc21. The average molecular weight is 437 g/mol. The molecule has 1 aliphatic heterocycles. The fourth-order valence-electron chi connectivity index (χ4n) is 3.73. The molecule has 0 bridgehead atoms. The van der Waals surface area contributed by atoms with Gasteiger partial charge in [-0.3, -0.25) is 0 Å². The van der Waals surface area contributed by atoms with Crippen molar-refractivity contribution >= 4 is 23.0 Å². The van der Waals surface area contributed by atoms with Crippen LogP contribution in [0.1, 0.15) is 30.5 Å². The Balaban J connectivity index is 1.16. The average Bonchev–Trinajstić information content (AvgIpc) is 3.20. The molecule has 0 unspecified atom stereocenters. The van der Waals surface area contributed by atoms with E-state index in [1.165, 1.54) is 5.56 Å². The number of rotatable bonds is 9. The van der Waals surface area contributed by atoms with Crippen LogP contribution in [0.15, 0.2) is 61.2 Å². The topological polar surface area (TPSA) is 52.4 Å². The van der Waals surface area contributed by atoms with E-state index in [4.69, 9.17) is 21.7 Å². The molecule has 2 aromatic heterocycles. The second kappa shape index (κ2) is 10.5. The smallest absolute Gasteiger partial charge is 0.176 e. The molecule has 0 N–H and O–H groups in total. The van der Waals surface area contributed by atoms with Gasteiger partial charge in [-0.25, -0.2) is 9.97 Å². The highest BCUT2D eigenvalue weighted by Gasteiger charge is 2.26. The molecule has 3 heterocycles. The molecule has 4 rings (SSSR count). The minimum absolute atomic E-state index is 0.211.